The summed E-state index contributed by atoms with van der Waals surface area (Å²) in [4.78, 5) is 11.1. The van der Waals surface area contributed by atoms with Gasteiger partial charge < -0.3 is 9.47 Å². The first-order valence-corrected chi connectivity index (χ1v) is 5.10. The van der Waals surface area contributed by atoms with Gasteiger partial charge in [0.1, 0.15) is 0 Å². The van der Waals surface area contributed by atoms with Gasteiger partial charge in [-0.25, -0.2) is 0 Å². The Kier molecular flexibility index (Phi) is 3.83. The van der Waals surface area contributed by atoms with Gasteiger partial charge >= 0.3 is 12.1 Å². The number of carbonyl (C=O) groups excluding carboxylic acids is 1. The minimum atomic E-state index is -4.39. The summed E-state index contributed by atoms with van der Waals surface area (Å²) < 4.78 is 46.4. The van der Waals surface area contributed by atoms with Gasteiger partial charge in [0.25, 0.3) is 0 Å². The van der Waals surface area contributed by atoms with Crippen molar-refractivity contribution < 1.29 is 27.4 Å². The van der Waals surface area contributed by atoms with Crippen molar-refractivity contribution in [3.63, 3.8) is 0 Å². The van der Waals surface area contributed by atoms with Crippen LogP contribution in [0.3, 0.4) is 0 Å². The van der Waals surface area contributed by atoms with E-state index in [1.807, 2.05) is 0 Å². The van der Waals surface area contributed by atoms with Crippen molar-refractivity contribution in [2.45, 2.75) is 50.5 Å². The van der Waals surface area contributed by atoms with Crippen molar-refractivity contribution in [1.82, 2.24) is 0 Å². The van der Waals surface area contributed by atoms with Crippen LogP contribution < -0.4 is 0 Å². The average Bonchev–Trinajstić information content (AvgIpc) is 2.12. The molecule has 94 valence electrons. The summed E-state index contributed by atoms with van der Waals surface area (Å²) >= 11 is 0. The maximum atomic E-state index is 12.3. The van der Waals surface area contributed by atoms with Gasteiger partial charge in [-0.2, -0.15) is 13.2 Å². The summed E-state index contributed by atoms with van der Waals surface area (Å²) in [7, 11) is 1.21. The lowest BCUT2D eigenvalue weighted by molar-refractivity contribution is -0.262. The highest BCUT2D eigenvalue weighted by molar-refractivity contribution is 5.70. The number of hydrogen-bond acceptors (Lipinski definition) is 3. The van der Waals surface area contributed by atoms with E-state index in [2.05, 4.69) is 4.74 Å². The molecular formula is C10H15F3O3. The third kappa shape index (κ3) is 3.10. The Morgan fingerprint density at radius 2 is 2.00 bits per heavy atom. The van der Waals surface area contributed by atoms with E-state index in [9.17, 15) is 18.0 Å². The number of ether oxygens (including phenoxy) is 2. The average molecular weight is 240 g/mol. The molecule has 0 heterocycles. The molecule has 16 heavy (non-hydrogen) atoms. The molecule has 0 N–H and O–H groups in total. The fourth-order valence-electron chi connectivity index (χ4n) is 1.68. The Morgan fingerprint density at radius 3 is 2.31 bits per heavy atom. The molecule has 0 aromatic heterocycles. The van der Waals surface area contributed by atoms with Crippen LogP contribution >= 0.6 is 0 Å². The smallest absolute Gasteiger partial charge is 0.414 e. The topological polar surface area (TPSA) is 35.5 Å². The molecule has 1 atom stereocenters. The lowest BCUT2D eigenvalue weighted by Gasteiger charge is -2.42. The van der Waals surface area contributed by atoms with Crippen molar-refractivity contribution >= 4 is 5.97 Å². The summed E-state index contributed by atoms with van der Waals surface area (Å²) in [6.07, 6.45) is -4.62. The Hall–Kier alpha value is -0.780. The summed E-state index contributed by atoms with van der Waals surface area (Å²) in [6, 6.07) is 0. The molecule has 6 heteroatoms. The van der Waals surface area contributed by atoms with Crippen LogP contribution in [0.25, 0.3) is 0 Å². The van der Waals surface area contributed by atoms with E-state index in [1.165, 1.54) is 7.11 Å². The summed E-state index contributed by atoms with van der Waals surface area (Å²) in [5.41, 5.74) is -0.970. The van der Waals surface area contributed by atoms with E-state index in [0.717, 1.165) is 13.3 Å². The van der Waals surface area contributed by atoms with Gasteiger partial charge in [0.15, 0.2) is 6.10 Å². The zero-order valence-corrected chi connectivity index (χ0v) is 9.26. The van der Waals surface area contributed by atoms with Crippen LogP contribution in [0.4, 0.5) is 13.2 Å². The van der Waals surface area contributed by atoms with E-state index >= 15 is 0 Å². The first kappa shape index (κ1) is 13.3. The van der Waals surface area contributed by atoms with E-state index in [1.54, 1.807) is 0 Å². The molecule has 0 aliphatic heterocycles. The van der Waals surface area contributed by atoms with Crippen molar-refractivity contribution in [2.24, 2.45) is 0 Å². The van der Waals surface area contributed by atoms with Gasteiger partial charge in [-0.3, -0.25) is 4.79 Å². The fourth-order valence-corrected chi connectivity index (χ4v) is 1.68. The van der Waals surface area contributed by atoms with Gasteiger partial charge in [-0.05, 0) is 26.2 Å². The molecule has 1 aliphatic carbocycles. The summed E-state index contributed by atoms with van der Waals surface area (Å²) in [6.45, 7) is 0.956. The second kappa shape index (κ2) is 4.61. The highest BCUT2D eigenvalue weighted by Crippen LogP contribution is 2.41. The van der Waals surface area contributed by atoms with E-state index in [-0.39, 0.29) is 6.42 Å². The van der Waals surface area contributed by atoms with Crippen LogP contribution in [0.2, 0.25) is 0 Å². The largest absolute Gasteiger partial charge is 0.469 e. The van der Waals surface area contributed by atoms with Gasteiger partial charge in [0.05, 0.1) is 19.1 Å². The van der Waals surface area contributed by atoms with E-state index < -0.39 is 23.9 Å². The van der Waals surface area contributed by atoms with Crippen LogP contribution in [0.15, 0.2) is 0 Å². The standard InChI is InChI=1S/C10H15F3O3/c1-7(10(11,12)13)16-9(4-3-5-9)6-8(14)15-2/h7H,3-6H2,1-2H3. The molecule has 3 nitrogen and oxygen atoms in total. The van der Waals surface area contributed by atoms with Crippen LogP contribution in [-0.4, -0.2) is 31.0 Å². The van der Waals surface area contributed by atoms with Crippen molar-refractivity contribution in [1.29, 1.82) is 0 Å². The minimum Gasteiger partial charge on any atom is -0.469 e. The number of rotatable bonds is 4. The minimum absolute atomic E-state index is 0.107. The molecule has 0 bridgehead atoms. The monoisotopic (exact) mass is 240 g/mol. The molecule has 1 unspecified atom stereocenters. The maximum Gasteiger partial charge on any atom is 0.414 e. The first-order valence-electron chi connectivity index (χ1n) is 5.10. The lowest BCUT2D eigenvalue weighted by Crippen LogP contribution is -2.47. The molecule has 1 fully saturated rings. The van der Waals surface area contributed by atoms with Gasteiger partial charge in [-0.15, -0.1) is 0 Å². The van der Waals surface area contributed by atoms with E-state index in [4.69, 9.17) is 4.74 Å². The highest BCUT2D eigenvalue weighted by atomic mass is 19.4. The third-order valence-electron chi connectivity index (χ3n) is 2.85. The third-order valence-corrected chi connectivity index (χ3v) is 2.85. The number of halogens is 3. The number of alkyl halides is 3. The number of hydrogen-bond donors (Lipinski definition) is 0. The van der Waals surface area contributed by atoms with E-state index in [0.29, 0.717) is 12.8 Å². The molecule has 1 saturated carbocycles. The summed E-state index contributed by atoms with van der Waals surface area (Å²) in [5.74, 6) is -0.533. The summed E-state index contributed by atoms with van der Waals surface area (Å²) in [5, 5.41) is 0. The molecule has 1 rings (SSSR count). The number of carbonyl (C=O) groups is 1. The zero-order chi connectivity index (χ0) is 12.4. The van der Waals surface area contributed by atoms with Crippen molar-refractivity contribution in [3.8, 4) is 0 Å². The Balaban J connectivity index is 2.57. The predicted molar refractivity (Wildman–Crippen MR) is 49.8 cm³/mol. The molecule has 0 amide bonds. The van der Waals surface area contributed by atoms with Crippen LogP contribution in [0.5, 0.6) is 0 Å². The second-order valence-electron chi connectivity index (χ2n) is 4.09. The molecular weight excluding hydrogens is 225 g/mol. The van der Waals surface area contributed by atoms with Crippen LogP contribution in [0, 0.1) is 0 Å². The molecule has 0 radical (unpaired) electrons. The fraction of sp³-hybridized carbons (Fsp3) is 0.900. The van der Waals surface area contributed by atoms with Gasteiger partial charge in [0.2, 0.25) is 0 Å². The second-order valence-corrected chi connectivity index (χ2v) is 4.09. The van der Waals surface area contributed by atoms with Crippen molar-refractivity contribution in [2.75, 3.05) is 7.11 Å². The molecule has 0 aromatic carbocycles. The molecule has 0 spiro atoms. The Morgan fingerprint density at radius 1 is 1.44 bits per heavy atom. The maximum absolute atomic E-state index is 12.3. The van der Waals surface area contributed by atoms with Crippen LogP contribution in [0.1, 0.15) is 32.6 Å². The Bertz CT molecular complexity index is 259. The highest BCUT2D eigenvalue weighted by Gasteiger charge is 2.47. The van der Waals surface area contributed by atoms with Crippen molar-refractivity contribution in [3.05, 3.63) is 0 Å². The quantitative estimate of drug-likeness (QED) is 0.708. The Labute approximate surface area is 91.9 Å². The number of esters is 1. The lowest BCUT2D eigenvalue weighted by atomic mass is 9.77. The van der Waals surface area contributed by atoms with Gasteiger partial charge in [-0.1, -0.05) is 0 Å². The normalized spacial score (nSPS) is 21.1. The molecule has 1 aliphatic rings. The SMILES string of the molecule is COC(=O)CC1(OC(C)C(F)(F)F)CCC1. The predicted octanol–water partition coefficient (Wildman–Crippen LogP) is 2.44. The van der Waals surface area contributed by atoms with Gasteiger partial charge in [0, 0.05) is 0 Å². The zero-order valence-electron chi connectivity index (χ0n) is 9.26. The number of methoxy groups -OCH3 is 1. The molecule has 0 saturated heterocycles. The van der Waals surface area contributed by atoms with Crippen LogP contribution in [-0.2, 0) is 14.3 Å². The molecule has 0 aromatic rings. The first-order chi connectivity index (χ1) is 7.29.